The van der Waals surface area contributed by atoms with Crippen molar-refractivity contribution in [2.45, 2.75) is 24.9 Å². The highest BCUT2D eigenvalue weighted by atomic mass is 16.5. The summed E-state index contributed by atoms with van der Waals surface area (Å²) in [6.07, 6.45) is 0.867. The molecule has 2 radical (unpaired) electrons. The molecule has 0 aliphatic rings. The Balaban J connectivity index is 2.41. The van der Waals surface area contributed by atoms with Gasteiger partial charge in [0.05, 0.1) is 32.3 Å². The largest absolute Gasteiger partial charge is 0.392 e. The number of aromatic nitrogens is 3. The molecule has 0 amide bonds. The average Bonchev–Trinajstić information content (AvgIpc) is 2.90. The van der Waals surface area contributed by atoms with Crippen LogP contribution < -0.4 is 5.73 Å². The fourth-order valence-corrected chi connectivity index (χ4v) is 1.86. The molecule has 0 saturated heterocycles. The van der Waals surface area contributed by atoms with Crippen LogP contribution in [0.25, 0.3) is 5.52 Å². The molecule has 0 aromatic carbocycles. The average molecular weight is 271 g/mol. The molecule has 2 atom stereocenters. The van der Waals surface area contributed by atoms with Gasteiger partial charge in [0.1, 0.15) is 11.8 Å². The molecule has 0 fully saturated rings. The lowest BCUT2D eigenvalue weighted by molar-refractivity contribution is -0.0704. The number of aliphatic hydroxyl groups excluding tert-OH is 1. The van der Waals surface area contributed by atoms with Crippen molar-refractivity contribution in [2.75, 3.05) is 12.3 Å². The zero-order valence-corrected chi connectivity index (χ0v) is 11.0. The first-order chi connectivity index (χ1) is 9.54. The second kappa shape index (κ2) is 5.49. The van der Waals surface area contributed by atoms with Gasteiger partial charge in [0.15, 0.2) is 11.4 Å². The maximum Gasteiger partial charge on any atom is 0.175 e. The lowest BCUT2D eigenvalue weighted by Crippen LogP contribution is -2.33. The highest BCUT2D eigenvalue weighted by Gasteiger charge is 2.29. The first-order valence-electron chi connectivity index (χ1n) is 6.02. The molecule has 0 aliphatic carbocycles. The van der Waals surface area contributed by atoms with Gasteiger partial charge in [-0.25, -0.2) is 9.50 Å². The minimum absolute atomic E-state index is 0.132. The Morgan fingerprint density at radius 1 is 1.65 bits per heavy atom. The van der Waals surface area contributed by atoms with Crippen LogP contribution in [0.2, 0.25) is 6.32 Å². The van der Waals surface area contributed by atoms with E-state index < -0.39 is 18.3 Å². The van der Waals surface area contributed by atoms with Gasteiger partial charge in [0.25, 0.3) is 0 Å². The summed E-state index contributed by atoms with van der Waals surface area (Å²) in [6.45, 7) is 1.06. The zero-order chi connectivity index (χ0) is 14.8. The van der Waals surface area contributed by atoms with Gasteiger partial charge in [-0.2, -0.15) is 10.4 Å². The Kier molecular flexibility index (Phi) is 3.92. The SMILES string of the molecule is [B]CC(OC(C)(C#N)CO)c1ccc2c(N)ncnn12. The van der Waals surface area contributed by atoms with Crippen molar-refractivity contribution in [1.82, 2.24) is 14.6 Å². The third-order valence-electron chi connectivity index (χ3n) is 3.00. The Morgan fingerprint density at radius 2 is 2.40 bits per heavy atom. The molecule has 3 N–H and O–H groups in total. The van der Waals surface area contributed by atoms with Gasteiger partial charge in [0.2, 0.25) is 0 Å². The fourth-order valence-electron chi connectivity index (χ4n) is 1.86. The standard InChI is InChI=1S/C12H14BN5O2/c1-12(5-14,6-19)20-10(4-13)8-2-3-9-11(15)16-7-17-18(8)9/h2-3,7,10,19H,4,6H2,1H3,(H2,15,16,17). The summed E-state index contributed by atoms with van der Waals surface area (Å²) in [7, 11) is 5.71. The molecule has 2 heterocycles. The van der Waals surface area contributed by atoms with E-state index in [1.807, 2.05) is 6.07 Å². The van der Waals surface area contributed by atoms with Crippen molar-refractivity contribution in [1.29, 1.82) is 5.26 Å². The van der Waals surface area contributed by atoms with Crippen LogP contribution in [-0.4, -0.2) is 39.8 Å². The van der Waals surface area contributed by atoms with Crippen LogP contribution in [0.5, 0.6) is 0 Å². The predicted octanol–water partition coefficient (Wildman–Crippen LogP) is 0.231. The van der Waals surface area contributed by atoms with E-state index in [-0.39, 0.29) is 6.32 Å². The summed E-state index contributed by atoms with van der Waals surface area (Å²) in [5.74, 6) is 0.340. The van der Waals surface area contributed by atoms with Crippen LogP contribution in [0.3, 0.4) is 0 Å². The van der Waals surface area contributed by atoms with Crippen LogP contribution in [0.4, 0.5) is 5.82 Å². The first-order valence-corrected chi connectivity index (χ1v) is 6.02. The number of fused-ring (bicyclic) bond motifs is 1. The molecule has 8 heteroatoms. The Hall–Kier alpha value is -2.11. The summed E-state index contributed by atoms with van der Waals surface area (Å²) >= 11 is 0. The molecular weight excluding hydrogens is 257 g/mol. The maximum atomic E-state index is 9.24. The van der Waals surface area contributed by atoms with Gasteiger partial charge in [-0.05, 0) is 19.1 Å². The molecular formula is C12H14BN5O2. The fraction of sp³-hybridized carbons (Fsp3) is 0.417. The second-order valence-electron chi connectivity index (χ2n) is 4.54. The highest BCUT2D eigenvalue weighted by Crippen LogP contribution is 2.28. The van der Waals surface area contributed by atoms with Gasteiger partial charge < -0.3 is 15.6 Å². The molecule has 2 unspecified atom stereocenters. The Labute approximate surface area is 117 Å². The number of aliphatic hydroxyl groups is 1. The molecule has 0 bridgehead atoms. The summed E-state index contributed by atoms with van der Waals surface area (Å²) in [5, 5.41) is 22.4. The quantitative estimate of drug-likeness (QED) is 0.753. The number of ether oxygens (including phenoxy) is 1. The maximum absolute atomic E-state index is 9.24. The normalized spacial score (nSPS) is 15.7. The van der Waals surface area contributed by atoms with Crippen molar-refractivity contribution in [2.24, 2.45) is 0 Å². The zero-order valence-electron chi connectivity index (χ0n) is 11.0. The molecule has 2 aromatic heterocycles. The van der Waals surface area contributed by atoms with Crippen LogP contribution >= 0.6 is 0 Å². The van der Waals surface area contributed by atoms with E-state index in [0.29, 0.717) is 17.0 Å². The van der Waals surface area contributed by atoms with E-state index in [1.165, 1.54) is 13.3 Å². The van der Waals surface area contributed by atoms with E-state index in [1.54, 1.807) is 16.6 Å². The molecule has 0 spiro atoms. The minimum atomic E-state index is -1.33. The molecule has 102 valence electrons. The summed E-state index contributed by atoms with van der Waals surface area (Å²) in [5.41, 5.74) is 5.70. The van der Waals surface area contributed by atoms with Gasteiger partial charge >= 0.3 is 0 Å². The Morgan fingerprint density at radius 3 is 3.00 bits per heavy atom. The number of hydrogen-bond donors (Lipinski definition) is 2. The van der Waals surface area contributed by atoms with Gasteiger partial charge in [-0.1, -0.05) is 6.32 Å². The Bertz CT molecular complexity index is 653. The monoisotopic (exact) mass is 271 g/mol. The number of anilines is 1. The van der Waals surface area contributed by atoms with Crippen molar-refractivity contribution < 1.29 is 9.84 Å². The second-order valence-corrected chi connectivity index (χ2v) is 4.54. The third kappa shape index (κ3) is 2.46. The van der Waals surface area contributed by atoms with Crippen molar-refractivity contribution in [3.05, 3.63) is 24.2 Å². The van der Waals surface area contributed by atoms with Crippen molar-refractivity contribution in [3.63, 3.8) is 0 Å². The molecule has 20 heavy (non-hydrogen) atoms. The number of nitrogen functional groups attached to an aromatic ring is 1. The highest BCUT2D eigenvalue weighted by molar-refractivity contribution is 6.08. The molecule has 0 aliphatic heterocycles. The van der Waals surface area contributed by atoms with Crippen LogP contribution in [0.1, 0.15) is 18.7 Å². The molecule has 2 rings (SSSR count). The van der Waals surface area contributed by atoms with Gasteiger partial charge in [-0.15, -0.1) is 0 Å². The minimum Gasteiger partial charge on any atom is -0.392 e. The molecule has 2 aromatic rings. The summed E-state index contributed by atoms with van der Waals surface area (Å²) in [6, 6.07) is 5.43. The smallest absolute Gasteiger partial charge is 0.175 e. The number of nitrogens with two attached hydrogens (primary N) is 1. The summed E-state index contributed by atoms with van der Waals surface area (Å²) < 4.78 is 7.18. The van der Waals surface area contributed by atoms with Gasteiger partial charge in [-0.3, -0.25) is 0 Å². The molecule has 7 nitrogen and oxygen atoms in total. The predicted molar refractivity (Wildman–Crippen MR) is 72.9 cm³/mol. The number of rotatable bonds is 5. The number of hydrogen-bond acceptors (Lipinski definition) is 6. The lowest BCUT2D eigenvalue weighted by Gasteiger charge is -2.26. The molecule has 0 saturated carbocycles. The van der Waals surface area contributed by atoms with E-state index >= 15 is 0 Å². The summed E-state index contributed by atoms with van der Waals surface area (Å²) in [4.78, 5) is 3.89. The van der Waals surface area contributed by atoms with Crippen LogP contribution in [-0.2, 0) is 4.74 Å². The van der Waals surface area contributed by atoms with Gasteiger partial charge in [0, 0.05) is 0 Å². The topological polar surface area (TPSA) is 109 Å². The number of nitriles is 1. The third-order valence-corrected chi connectivity index (χ3v) is 3.00. The number of nitrogens with zero attached hydrogens (tertiary/aromatic N) is 4. The van der Waals surface area contributed by atoms with E-state index in [4.69, 9.17) is 23.6 Å². The van der Waals surface area contributed by atoms with Crippen LogP contribution in [0.15, 0.2) is 18.5 Å². The first kappa shape index (κ1) is 14.3. The lowest BCUT2D eigenvalue weighted by atomic mass is 9.96. The van der Waals surface area contributed by atoms with E-state index in [2.05, 4.69) is 10.1 Å². The van der Waals surface area contributed by atoms with Crippen LogP contribution in [0, 0.1) is 11.3 Å². The van der Waals surface area contributed by atoms with E-state index in [9.17, 15) is 5.11 Å². The van der Waals surface area contributed by atoms with Crippen molar-refractivity contribution in [3.8, 4) is 6.07 Å². The van der Waals surface area contributed by atoms with Crippen molar-refractivity contribution >= 4 is 19.2 Å². The van der Waals surface area contributed by atoms with E-state index in [0.717, 1.165) is 0 Å².